The molecule has 0 unspecified atom stereocenters. The number of aromatic nitrogens is 4. The fourth-order valence-electron chi connectivity index (χ4n) is 5.81. The molecule has 0 radical (unpaired) electrons. The molecule has 1 aliphatic heterocycles. The number of hydrogen-bond acceptors (Lipinski definition) is 3. The number of nitrogens with one attached hydrogen (secondary N) is 1. The molecule has 0 amide bonds. The molecular formula is C29H25ClFN5. The summed E-state index contributed by atoms with van der Waals surface area (Å²) in [6, 6.07) is 12.1. The molecule has 0 atom stereocenters. The maximum Gasteiger partial charge on any atom is 0.165 e. The number of anilines is 1. The van der Waals surface area contributed by atoms with Gasteiger partial charge in [0, 0.05) is 59.3 Å². The number of halogens is 2. The lowest BCUT2D eigenvalue weighted by Gasteiger charge is -2.28. The van der Waals surface area contributed by atoms with Gasteiger partial charge in [-0.25, -0.2) is 9.37 Å². The summed E-state index contributed by atoms with van der Waals surface area (Å²) in [6.07, 6.45) is 4.39. The minimum Gasteiger partial charge on any atom is -0.349 e. The van der Waals surface area contributed by atoms with Gasteiger partial charge in [-0.05, 0) is 47.6 Å². The minimum atomic E-state index is -0.266. The molecule has 1 aliphatic rings. The Labute approximate surface area is 212 Å². The molecule has 180 valence electrons. The standard InChI is InChI=1S/C29H25ClFN5/c1-15(2)17-11-23(31)29(33-13-17)35-10-8-24-21(14-35)28-25-19-7-9-32-26(19)22(30)12-20(25)18-6-4-5-16(3)27(18)36(28)34-24/h4-7,9,11-13,15,34H,8,10,14H2,1-3H3. The Bertz CT molecular complexity index is 1850. The highest BCUT2D eigenvalue weighted by atomic mass is 35.5. The van der Waals surface area contributed by atoms with Gasteiger partial charge in [0.25, 0.3) is 0 Å². The van der Waals surface area contributed by atoms with Crippen molar-refractivity contribution in [1.82, 2.24) is 19.6 Å². The van der Waals surface area contributed by atoms with E-state index in [2.05, 4.69) is 63.5 Å². The van der Waals surface area contributed by atoms with E-state index in [0.717, 1.165) is 55.6 Å². The van der Waals surface area contributed by atoms with Gasteiger partial charge in [-0.2, -0.15) is 0 Å². The van der Waals surface area contributed by atoms with Crippen molar-refractivity contribution in [2.45, 2.75) is 39.7 Å². The number of hydrogen-bond donors (Lipinski definition) is 1. The van der Waals surface area contributed by atoms with Crippen LogP contribution in [0, 0.1) is 12.7 Å². The van der Waals surface area contributed by atoms with Gasteiger partial charge in [-0.1, -0.05) is 43.6 Å². The largest absolute Gasteiger partial charge is 0.349 e. The Balaban J connectivity index is 1.53. The van der Waals surface area contributed by atoms with Crippen molar-refractivity contribution in [3.05, 3.63) is 82.0 Å². The summed E-state index contributed by atoms with van der Waals surface area (Å²) >= 11 is 6.71. The molecule has 1 N–H and O–H groups in total. The molecule has 0 saturated carbocycles. The van der Waals surface area contributed by atoms with E-state index >= 15 is 4.39 Å². The number of pyridine rings is 2. The van der Waals surface area contributed by atoms with Crippen LogP contribution in [0.3, 0.4) is 0 Å². The van der Waals surface area contributed by atoms with E-state index < -0.39 is 0 Å². The monoisotopic (exact) mass is 497 g/mol. The first-order chi connectivity index (χ1) is 17.4. The van der Waals surface area contributed by atoms with Crippen LogP contribution in [0.2, 0.25) is 5.02 Å². The fraction of sp³-hybridized carbons (Fsp3) is 0.241. The molecule has 36 heavy (non-hydrogen) atoms. The van der Waals surface area contributed by atoms with Crippen LogP contribution < -0.4 is 4.90 Å². The topological polar surface area (TPSA) is 49.2 Å². The molecule has 0 aliphatic carbocycles. The average Bonchev–Trinajstić information content (AvgIpc) is 3.49. The number of para-hydroxylation sites is 1. The first kappa shape index (κ1) is 21.6. The van der Waals surface area contributed by atoms with Crippen molar-refractivity contribution in [2.24, 2.45) is 0 Å². The maximum absolute atomic E-state index is 15.2. The first-order valence-corrected chi connectivity index (χ1v) is 12.7. The van der Waals surface area contributed by atoms with Gasteiger partial charge in [0.15, 0.2) is 11.6 Å². The minimum absolute atomic E-state index is 0.231. The second kappa shape index (κ2) is 7.68. The van der Waals surface area contributed by atoms with Crippen LogP contribution in [0.15, 0.2) is 48.8 Å². The van der Waals surface area contributed by atoms with E-state index in [9.17, 15) is 0 Å². The highest BCUT2D eigenvalue weighted by molar-refractivity contribution is 6.39. The van der Waals surface area contributed by atoms with Gasteiger partial charge >= 0.3 is 0 Å². The molecule has 6 aromatic rings. The lowest BCUT2D eigenvalue weighted by molar-refractivity contribution is 0.596. The van der Waals surface area contributed by atoms with E-state index in [-0.39, 0.29) is 11.7 Å². The Kier molecular flexibility index (Phi) is 4.61. The van der Waals surface area contributed by atoms with Gasteiger partial charge in [0.2, 0.25) is 0 Å². The Morgan fingerprint density at radius 1 is 1.06 bits per heavy atom. The molecule has 4 aromatic heterocycles. The maximum atomic E-state index is 15.2. The summed E-state index contributed by atoms with van der Waals surface area (Å²) in [5.41, 5.74) is 7.45. The predicted octanol–water partition coefficient (Wildman–Crippen LogP) is 7.30. The van der Waals surface area contributed by atoms with Gasteiger partial charge in [0.05, 0.1) is 21.6 Å². The third-order valence-corrected chi connectivity index (χ3v) is 7.92. The van der Waals surface area contributed by atoms with Crippen molar-refractivity contribution in [3.63, 3.8) is 0 Å². The number of aromatic amines is 1. The van der Waals surface area contributed by atoms with Crippen LogP contribution in [0.1, 0.15) is 42.1 Å². The summed E-state index contributed by atoms with van der Waals surface area (Å²) < 4.78 is 17.4. The van der Waals surface area contributed by atoms with Crippen LogP contribution >= 0.6 is 11.6 Å². The zero-order chi connectivity index (χ0) is 24.7. The highest BCUT2D eigenvalue weighted by Crippen LogP contribution is 2.41. The number of rotatable bonds is 2. The van der Waals surface area contributed by atoms with Crippen LogP contribution in [0.4, 0.5) is 10.2 Å². The van der Waals surface area contributed by atoms with Gasteiger partial charge in [0.1, 0.15) is 0 Å². The smallest absolute Gasteiger partial charge is 0.165 e. The van der Waals surface area contributed by atoms with Crippen LogP contribution in [-0.2, 0) is 13.0 Å². The molecule has 0 spiro atoms. The van der Waals surface area contributed by atoms with Crippen molar-refractivity contribution in [3.8, 4) is 0 Å². The number of nitrogens with zero attached hydrogens (tertiary/aromatic N) is 4. The van der Waals surface area contributed by atoms with Crippen LogP contribution in [0.25, 0.3) is 38.1 Å². The Morgan fingerprint density at radius 2 is 1.92 bits per heavy atom. The Morgan fingerprint density at radius 3 is 2.72 bits per heavy atom. The van der Waals surface area contributed by atoms with E-state index in [1.807, 2.05) is 18.3 Å². The predicted molar refractivity (Wildman–Crippen MR) is 145 cm³/mol. The molecule has 0 saturated heterocycles. The number of H-pyrrole nitrogens is 1. The molecule has 5 nitrogen and oxygen atoms in total. The van der Waals surface area contributed by atoms with Gasteiger partial charge < -0.3 is 4.90 Å². The van der Waals surface area contributed by atoms with E-state index in [4.69, 9.17) is 11.6 Å². The first-order valence-electron chi connectivity index (χ1n) is 12.3. The van der Waals surface area contributed by atoms with Crippen molar-refractivity contribution in [1.29, 1.82) is 0 Å². The van der Waals surface area contributed by atoms with Crippen molar-refractivity contribution < 1.29 is 4.39 Å². The average molecular weight is 498 g/mol. The normalized spacial score (nSPS) is 14.1. The van der Waals surface area contributed by atoms with E-state index in [1.165, 1.54) is 11.3 Å². The third-order valence-electron chi connectivity index (χ3n) is 7.63. The second-order valence-corrected chi connectivity index (χ2v) is 10.5. The molecular weight excluding hydrogens is 473 g/mol. The summed E-state index contributed by atoms with van der Waals surface area (Å²) in [7, 11) is 0. The molecule has 7 rings (SSSR count). The molecule has 5 heterocycles. The molecule has 7 heteroatoms. The van der Waals surface area contributed by atoms with Gasteiger partial charge in [-0.15, -0.1) is 0 Å². The number of benzene rings is 2. The zero-order valence-corrected chi connectivity index (χ0v) is 21.1. The number of aryl methyl sites for hydroxylation is 1. The van der Waals surface area contributed by atoms with Crippen LogP contribution in [-0.4, -0.2) is 26.1 Å². The quantitative estimate of drug-likeness (QED) is 0.255. The van der Waals surface area contributed by atoms with E-state index in [0.29, 0.717) is 23.9 Å². The number of fused-ring (bicyclic) bond motifs is 10. The molecule has 2 aromatic carbocycles. The van der Waals surface area contributed by atoms with E-state index in [1.54, 1.807) is 12.3 Å². The summed E-state index contributed by atoms with van der Waals surface area (Å²) in [5, 5.41) is 8.74. The molecule has 0 bridgehead atoms. The third kappa shape index (κ3) is 2.94. The van der Waals surface area contributed by atoms with Crippen LogP contribution in [0.5, 0.6) is 0 Å². The summed E-state index contributed by atoms with van der Waals surface area (Å²) in [5.74, 6) is 0.376. The van der Waals surface area contributed by atoms with Crippen molar-refractivity contribution >= 4 is 55.5 Å². The fourth-order valence-corrected chi connectivity index (χ4v) is 6.07. The molecule has 0 fully saturated rings. The Hall–Kier alpha value is -3.64. The summed E-state index contributed by atoms with van der Waals surface area (Å²) in [6.45, 7) is 7.49. The highest BCUT2D eigenvalue weighted by Gasteiger charge is 2.27. The lowest BCUT2D eigenvalue weighted by atomic mass is 9.97. The lowest BCUT2D eigenvalue weighted by Crippen LogP contribution is -2.31. The second-order valence-electron chi connectivity index (χ2n) is 10.1. The SMILES string of the molecule is Cc1cccc2c3cc(Cl)c4nccc4c3c3c4c([nH]n3c12)CCN(c1ncc(C(C)C)cc1F)C4. The van der Waals surface area contributed by atoms with Gasteiger partial charge in [-0.3, -0.25) is 14.6 Å². The summed E-state index contributed by atoms with van der Waals surface area (Å²) in [4.78, 5) is 11.1. The van der Waals surface area contributed by atoms with Crippen molar-refractivity contribution in [2.75, 3.05) is 11.4 Å². The zero-order valence-electron chi connectivity index (χ0n) is 20.4.